The number of esters is 1. The summed E-state index contributed by atoms with van der Waals surface area (Å²) in [5.74, 6) is 0.119. The number of carbonyl (C=O) groups excluding carboxylic acids is 1. The Bertz CT molecular complexity index is 581. The first kappa shape index (κ1) is 10.3. The van der Waals surface area contributed by atoms with Crippen LogP contribution in [-0.2, 0) is 16.0 Å². The lowest BCUT2D eigenvalue weighted by Gasteiger charge is -2.11. The Balaban J connectivity index is 2.01. The summed E-state index contributed by atoms with van der Waals surface area (Å²) in [5, 5.41) is 2.64. The van der Waals surface area contributed by atoms with E-state index in [2.05, 4.69) is 36.4 Å². The van der Waals surface area contributed by atoms with E-state index in [4.69, 9.17) is 4.74 Å². The monoisotopic (exact) mass is 226 g/mol. The van der Waals surface area contributed by atoms with Crippen molar-refractivity contribution in [3.63, 3.8) is 0 Å². The van der Waals surface area contributed by atoms with Crippen LogP contribution in [0, 0.1) is 0 Å². The van der Waals surface area contributed by atoms with E-state index >= 15 is 0 Å². The van der Waals surface area contributed by atoms with Crippen LogP contribution in [0.15, 0.2) is 36.4 Å². The quantitative estimate of drug-likeness (QED) is 0.736. The van der Waals surface area contributed by atoms with Crippen LogP contribution in [0.25, 0.3) is 10.8 Å². The van der Waals surface area contributed by atoms with Gasteiger partial charge in [0, 0.05) is 12.8 Å². The van der Waals surface area contributed by atoms with E-state index in [1.54, 1.807) is 0 Å². The second-order valence-electron chi connectivity index (χ2n) is 4.57. The Morgan fingerprint density at radius 1 is 1.29 bits per heavy atom. The average molecular weight is 226 g/mol. The number of carbonyl (C=O) groups is 1. The predicted octanol–water partition coefficient (Wildman–Crippen LogP) is 3.04. The van der Waals surface area contributed by atoms with Crippen molar-refractivity contribution in [2.75, 3.05) is 6.61 Å². The van der Waals surface area contributed by atoms with Gasteiger partial charge in [0.25, 0.3) is 0 Å². The summed E-state index contributed by atoms with van der Waals surface area (Å²) in [7, 11) is 0. The lowest BCUT2D eigenvalue weighted by Crippen LogP contribution is -2.09. The van der Waals surface area contributed by atoms with Crippen LogP contribution in [0.4, 0.5) is 0 Å². The van der Waals surface area contributed by atoms with Gasteiger partial charge in [-0.05, 0) is 28.3 Å². The third-order valence-corrected chi connectivity index (χ3v) is 3.42. The highest BCUT2D eigenvalue weighted by atomic mass is 16.5. The van der Waals surface area contributed by atoms with Crippen LogP contribution < -0.4 is 0 Å². The van der Waals surface area contributed by atoms with Crippen LogP contribution in [0.2, 0.25) is 0 Å². The first-order valence-electron chi connectivity index (χ1n) is 5.89. The van der Waals surface area contributed by atoms with Gasteiger partial charge < -0.3 is 4.74 Å². The zero-order chi connectivity index (χ0) is 11.8. The summed E-state index contributed by atoms with van der Waals surface area (Å²) in [4.78, 5) is 10.9. The fourth-order valence-corrected chi connectivity index (χ4v) is 2.70. The van der Waals surface area contributed by atoms with Crippen LogP contribution in [0.5, 0.6) is 0 Å². The van der Waals surface area contributed by atoms with Gasteiger partial charge in [-0.3, -0.25) is 4.79 Å². The number of hydrogen-bond acceptors (Lipinski definition) is 2. The number of benzene rings is 2. The molecule has 0 radical (unpaired) electrons. The average Bonchev–Trinajstić information content (AvgIpc) is 2.68. The maximum Gasteiger partial charge on any atom is 0.302 e. The highest BCUT2D eigenvalue weighted by Crippen LogP contribution is 2.38. The first-order chi connectivity index (χ1) is 8.25. The van der Waals surface area contributed by atoms with Crippen LogP contribution in [-0.4, -0.2) is 12.6 Å². The van der Waals surface area contributed by atoms with Gasteiger partial charge in [-0.25, -0.2) is 0 Å². The normalized spacial score (nSPS) is 17.4. The first-order valence-corrected chi connectivity index (χ1v) is 5.89. The number of ether oxygens (including phenoxy) is 1. The standard InChI is InChI=1S/C15H14O2/c1-10(16)17-9-13-8-12-6-2-4-11-5-3-7-14(13)15(11)12/h2-7,13H,8-9H2,1H3. The Labute approximate surface area is 100 Å². The van der Waals surface area contributed by atoms with Gasteiger partial charge in [-0.1, -0.05) is 36.4 Å². The summed E-state index contributed by atoms with van der Waals surface area (Å²) in [6, 6.07) is 12.8. The molecule has 0 amide bonds. The second-order valence-corrected chi connectivity index (χ2v) is 4.57. The van der Waals surface area contributed by atoms with Crippen LogP contribution >= 0.6 is 0 Å². The fraction of sp³-hybridized carbons (Fsp3) is 0.267. The van der Waals surface area contributed by atoms with Gasteiger partial charge in [-0.2, -0.15) is 0 Å². The van der Waals surface area contributed by atoms with Crippen molar-refractivity contribution in [1.82, 2.24) is 0 Å². The van der Waals surface area contributed by atoms with E-state index < -0.39 is 0 Å². The molecule has 0 spiro atoms. The largest absolute Gasteiger partial charge is 0.465 e. The minimum atomic E-state index is -0.201. The van der Waals surface area contributed by atoms with E-state index in [0.717, 1.165) is 6.42 Å². The van der Waals surface area contributed by atoms with Crippen LogP contribution in [0.1, 0.15) is 24.0 Å². The van der Waals surface area contributed by atoms with Crippen molar-refractivity contribution in [3.05, 3.63) is 47.5 Å². The molecule has 0 heterocycles. The van der Waals surface area contributed by atoms with Crippen molar-refractivity contribution in [2.45, 2.75) is 19.3 Å². The Kier molecular flexibility index (Phi) is 2.36. The maximum atomic E-state index is 10.9. The zero-order valence-corrected chi connectivity index (χ0v) is 9.77. The van der Waals surface area contributed by atoms with E-state index in [-0.39, 0.29) is 5.97 Å². The molecule has 0 fully saturated rings. The molecule has 0 aromatic heterocycles. The van der Waals surface area contributed by atoms with Crippen molar-refractivity contribution in [1.29, 1.82) is 0 Å². The van der Waals surface area contributed by atoms with E-state index in [9.17, 15) is 4.79 Å². The lowest BCUT2D eigenvalue weighted by molar-refractivity contribution is -0.141. The Morgan fingerprint density at radius 2 is 2.06 bits per heavy atom. The van der Waals surface area contributed by atoms with Gasteiger partial charge in [0.05, 0.1) is 6.61 Å². The summed E-state index contributed by atoms with van der Waals surface area (Å²) in [6.45, 7) is 1.95. The molecule has 1 aliphatic carbocycles. The van der Waals surface area contributed by atoms with E-state index in [0.29, 0.717) is 12.5 Å². The number of hydrogen-bond donors (Lipinski definition) is 0. The molecule has 2 heteroatoms. The van der Waals surface area contributed by atoms with Crippen molar-refractivity contribution in [2.24, 2.45) is 0 Å². The van der Waals surface area contributed by atoms with Crippen molar-refractivity contribution >= 4 is 16.7 Å². The third kappa shape index (κ3) is 1.70. The minimum Gasteiger partial charge on any atom is -0.465 e. The molecule has 17 heavy (non-hydrogen) atoms. The molecule has 2 aromatic carbocycles. The summed E-state index contributed by atoms with van der Waals surface area (Å²) in [6.07, 6.45) is 0.976. The Morgan fingerprint density at radius 3 is 2.82 bits per heavy atom. The summed E-state index contributed by atoms with van der Waals surface area (Å²) < 4.78 is 5.15. The zero-order valence-electron chi connectivity index (χ0n) is 9.77. The molecule has 3 rings (SSSR count). The molecule has 0 saturated heterocycles. The molecule has 86 valence electrons. The van der Waals surface area contributed by atoms with Crippen molar-refractivity contribution in [3.8, 4) is 0 Å². The smallest absolute Gasteiger partial charge is 0.302 e. The molecule has 2 nitrogen and oxygen atoms in total. The van der Waals surface area contributed by atoms with Gasteiger partial charge in [0.15, 0.2) is 0 Å². The minimum absolute atomic E-state index is 0.201. The predicted molar refractivity (Wildman–Crippen MR) is 67.0 cm³/mol. The maximum absolute atomic E-state index is 10.9. The molecule has 2 aromatic rings. The molecule has 0 saturated carbocycles. The van der Waals surface area contributed by atoms with Gasteiger partial charge in [0.1, 0.15) is 0 Å². The van der Waals surface area contributed by atoms with E-state index in [1.165, 1.54) is 28.8 Å². The highest BCUT2D eigenvalue weighted by Gasteiger charge is 2.24. The SMILES string of the molecule is CC(=O)OCC1Cc2cccc3cccc1c23. The molecule has 1 unspecified atom stereocenters. The summed E-state index contributed by atoms with van der Waals surface area (Å²) >= 11 is 0. The molecule has 1 atom stereocenters. The molecular weight excluding hydrogens is 212 g/mol. The lowest BCUT2D eigenvalue weighted by atomic mass is 10.0. The van der Waals surface area contributed by atoms with Gasteiger partial charge in [-0.15, -0.1) is 0 Å². The Hall–Kier alpha value is -1.83. The highest BCUT2D eigenvalue weighted by molar-refractivity contribution is 5.91. The third-order valence-electron chi connectivity index (χ3n) is 3.42. The van der Waals surface area contributed by atoms with Gasteiger partial charge >= 0.3 is 5.97 Å². The van der Waals surface area contributed by atoms with Crippen molar-refractivity contribution < 1.29 is 9.53 Å². The van der Waals surface area contributed by atoms with Gasteiger partial charge in [0.2, 0.25) is 0 Å². The van der Waals surface area contributed by atoms with Crippen LogP contribution in [0.3, 0.4) is 0 Å². The molecule has 1 aliphatic rings. The van der Waals surface area contributed by atoms with E-state index in [1.807, 2.05) is 0 Å². The molecular formula is C15H14O2. The molecule has 0 N–H and O–H groups in total. The second kappa shape index (κ2) is 3.88. The fourth-order valence-electron chi connectivity index (χ4n) is 2.70. The molecule has 0 aliphatic heterocycles. The molecule has 0 bridgehead atoms. The number of rotatable bonds is 2. The topological polar surface area (TPSA) is 26.3 Å². The summed E-state index contributed by atoms with van der Waals surface area (Å²) in [5.41, 5.74) is 2.69.